The molecule has 8 heteroatoms. The zero-order valence-electron chi connectivity index (χ0n) is 13.6. The van der Waals surface area contributed by atoms with E-state index in [9.17, 15) is 13.2 Å². The Morgan fingerprint density at radius 2 is 1.88 bits per heavy atom. The third-order valence-corrected chi connectivity index (χ3v) is 4.84. The van der Waals surface area contributed by atoms with Crippen LogP contribution in [0.2, 0.25) is 5.02 Å². The van der Waals surface area contributed by atoms with Crippen molar-refractivity contribution < 1.29 is 17.6 Å². The Balaban J connectivity index is 1.44. The van der Waals surface area contributed by atoms with Crippen LogP contribution in [0.5, 0.6) is 0 Å². The first kappa shape index (κ1) is 17.1. The molecule has 0 N–H and O–H groups in total. The van der Waals surface area contributed by atoms with Gasteiger partial charge in [0.2, 0.25) is 0 Å². The van der Waals surface area contributed by atoms with Crippen LogP contribution >= 0.6 is 11.6 Å². The van der Waals surface area contributed by atoms with Gasteiger partial charge >= 0.3 is 6.18 Å². The van der Waals surface area contributed by atoms with Crippen molar-refractivity contribution in [2.75, 3.05) is 18.0 Å². The zero-order valence-corrected chi connectivity index (χ0v) is 14.4. The van der Waals surface area contributed by atoms with Gasteiger partial charge in [-0.2, -0.15) is 13.2 Å². The van der Waals surface area contributed by atoms with Gasteiger partial charge in [-0.3, -0.25) is 0 Å². The number of oxazole rings is 1. The van der Waals surface area contributed by atoms with Crippen molar-refractivity contribution in [3.63, 3.8) is 0 Å². The molecule has 0 unspecified atom stereocenters. The summed E-state index contributed by atoms with van der Waals surface area (Å²) in [4.78, 5) is 10.5. The number of aromatic nitrogens is 2. The molecule has 1 aliphatic rings. The van der Waals surface area contributed by atoms with E-state index in [4.69, 9.17) is 16.0 Å². The summed E-state index contributed by atoms with van der Waals surface area (Å²) in [6.45, 7) is 1.37. The second-order valence-corrected chi connectivity index (χ2v) is 6.76. The quantitative estimate of drug-likeness (QED) is 0.605. The summed E-state index contributed by atoms with van der Waals surface area (Å²) in [6, 6.07) is 7.82. The molecule has 0 atom stereocenters. The first-order valence-electron chi connectivity index (χ1n) is 8.24. The Hall–Kier alpha value is -2.28. The average molecular weight is 382 g/mol. The number of hydrogen-bond acceptors (Lipinski definition) is 4. The van der Waals surface area contributed by atoms with Gasteiger partial charge in [-0.15, -0.1) is 0 Å². The maximum atomic E-state index is 12.6. The Kier molecular flexibility index (Phi) is 4.26. The molecule has 0 saturated carbocycles. The number of alkyl halides is 3. The van der Waals surface area contributed by atoms with E-state index in [2.05, 4.69) is 9.97 Å². The molecule has 2 aromatic heterocycles. The summed E-state index contributed by atoms with van der Waals surface area (Å²) < 4.78 is 43.7. The first-order chi connectivity index (χ1) is 12.4. The minimum absolute atomic E-state index is 0.173. The minimum atomic E-state index is -4.37. The van der Waals surface area contributed by atoms with Gasteiger partial charge in [0.25, 0.3) is 0 Å². The van der Waals surface area contributed by atoms with Crippen LogP contribution in [0.15, 0.2) is 40.9 Å². The molecule has 136 valence electrons. The van der Waals surface area contributed by atoms with E-state index in [-0.39, 0.29) is 5.92 Å². The van der Waals surface area contributed by atoms with Gasteiger partial charge in [0.05, 0.1) is 5.56 Å². The smallest absolute Gasteiger partial charge is 0.417 e. The van der Waals surface area contributed by atoms with Crippen molar-refractivity contribution in [1.29, 1.82) is 0 Å². The van der Waals surface area contributed by atoms with E-state index in [1.54, 1.807) is 18.2 Å². The molecule has 3 heterocycles. The van der Waals surface area contributed by atoms with Gasteiger partial charge in [-0.1, -0.05) is 11.6 Å². The molecule has 0 spiro atoms. The molecule has 4 nitrogen and oxygen atoms in total. The molecule has 4 rings (SSSR count). The van der Waals surface area contributed by atoms with Crippen LogP contribution in [0, 0.1) is 0 Å². The number of halogens is 4. The lowest BCUT2D eigenvalue weighted by atomic mass is 9.97. The summed E-state index contributed by atoms with van der Waals surface area (Å²) in [5.41, 5.74) is 0.705. The lowest BCUT2D eigenvalue weighted by Crippen LogP contribution is -2.33. The molecule has 0 amide bonds. The highest BCUT2D eigenvalue weighted by molar-refractivity contribution is 6.31. The Bertz CT molecular complexity index is 916. The van der Waals surface area contributed by atoms with E-state index in [0.717, 1.165) is 30.6 Å². The van der Waals surface area contributed by atoms with E-state index in [1.165, 1.54) is 6.07 Å². The van der Waals surface area contributed by atoms with Crippen molar-refractivity contribution in [2.45, 2.75) is 24.9 Å². The molecule has 0 aliphatic carbocycles. The highest BCUT2D eigenvalue weighted by atomic mass is 35.5. The maximum absolute atomic E-state index is 12.6. The van der Waals surface area contributed by atoms with Gasteiger partial charge in [0.1, 0.15) is 11.3 Å². The molecule has 1 aliphatic heterocycles. The number of benzene rings is 1. The van der Waals surface area contributed by atoms with E-state index in [0.29, 0.717) is 35.4 Å². The van der Waals surface area contributed by atoms with Crippen LogP contribution in [0.1, 0.15) is 30.2 Å². The van der Waals surface area contributed by atoms with Gasteiger partial charge in [-0.25, -0.2) is 9.97 Å². The summed E-state index contributed by atoms with van der Waals surface area (Å²) >= 11 is 5.97. The Morgan fingerprint density at radius 1 is 1.12 bits per heavy atom. The number of piperidine rings is 1. The molecule has 3 aromatic rings. The minimum Gasteiger partial charge on any atom is -0.440 e. The zero-order chi connectivity index (χ0) is 18.3. The number of rotatable bonds is 2. The second-order valence-electron chi connectivity index (χ2n) is 6.33. The first-order valence-corrected chi connectivity index (χ1v) is 8.62. The molecular formula is C18H15ClF3N3O. The van der Waals surface area contributed by atoms with Crippen molar-refractivity contribution in [3.8, 4) is 0 Å². The SMILES string of the molecule is FC(F)(F)c1ccc(N2CCC(c3nc4cc(Cl)ccc4o3)CC2)nc1. The van der Waals surface area contributed by atoms with Gasteiger partial charge in [0, 0.05) is 30.2 Å². The Morgan fingerprint density at radius 3 is 2.54 bits per heavy atom. The van der Waals surface area contributed by atoms with Crippen LogP contribution in [0.25, 0.3) is 11.1 Å². The third-order valence-electron chi connectivity index (χ3n) is 4.61. The monoisotopic (exact) mass is 381 g/mol. The predicted molar refractivity (Wildman–Crippen MR) is 92.4 cm³/mol. The van der Waals surface area contributed by atoms with Crippen molar-refractivity contribution >= 4 is 28.5 Å². The number of anilines is 1. The van der Waals surface area contributed by atoms with Crippen molar-refractivity contribution in [2.24, 2.45) is 0 Å². The second kappa shape index (κ2) is 6.46. The Labute approximate surface area is 152 Å². The fraction of sp³-hybridized carbons (Fsp3) is 0.333. The van der Waals surface area contributed by atoms with Crippen molar-refractivity contribution in [3.05, 3.63) is 53.0 Å². The van der Waals surface area contributed by atoms with Gasteiger partial charge < -0.3 is 9.32 Å². The van der Waals surface area contributed by atoms with E-state index >= 15 is 0 Å². The third kappa shape index (κ3) is 3.35. The van der Waals surface area contributed by atoms with Crippen LogP contribution in [-0.4, -0.2) is 23.1 Å². The fourth-order valence-electron chi connectivity index (χ4n) is 3.19. The largest absolute Gasteiger partial charge is 0.440 e. The molecule has 26 heavy (non-hydrogen) atoms. The number of nitrogens with zero attached hydrogens (tertiary/aromatic N) is 3. The highest BCUT2D eigenvalue weighted by Crippen LogP contribution is 2.33. The fourth-order valence-corrected chi connectivity index (χ4v) is 3.36. The number of fused-ring (bicyclic) bond motifs is 1. The molecule has 0 radical (unpaired) electrons. The van der Waals surface area contributed by atoms with Gasteiger partial charge in [0.15, 0.2) is 11.5 Å². The number of pyridine rings is 1. The van der Waals surface area contributed by atoms with Gasteiger partial charge in [-0.05, 0) is 43.2 Å². The van der Waals surface area contributed by atoms with Crippen molar-refractivity contribution in [1.82, 2.24) is 9.97 Å². The summed E-state index contributed by atoms with van der Waals surface area (Å²) in [6.07, 6.45) is -1.90. The maximum Gasteiger partial charge on any atom is 0.417 e. The summed E-state index contributed by atoms with van der Waals surface area (Å²) in [7, 11) is 0. The lowest BCUT2D eigenvalue weighted by Gasteiger charge is -2.31. The average Bonchev–Trinajstić information content (AvgIpc) is 3.04. The topological polar surface area (TPSA) is 42.2 Å². The van der Waals surface area contributed by atoms with Crippen LogP contribution in [0.3, 0.4) is 0 Å². The van der Waals surface area contributed by atoms with E-state index < -0.39 is 11.7 Å². The van der Waals surface area contributed by atoms with E-state index in [1.807, 2.05) is 4.90 Å². The molecule has 1 saturated heterocycles. The van der Waals surface area contributed by atoms with Crippen LogP contribution in [0.4, 0.5) is 19.0 Å². The molecule has 1 fully saturated rings. The summed E-state index contributed by atoms with van der Waals surface area (Å²) in [5, 5.41) is 0.612. The summed E-state index contributed by atoms with van der Waals surface area (Å²) in [5.74, 6) is 1.41. The lowest BCUT2D eigenvalue weighted by molar-refractivity contribution is -0.137. The standard InChI is InChI=1S/C18H15ClF3N3O/c19-13-2-3-15-14(9-13)24-17(26-15)11-5-7-25(8-6-11)16-4-1-12(10-23-16)18(20,21)22/h1-4,9-11H,5-8H2. The highest BCUT2D eigenvalue weighted by Gasteiger charge is 2.31. The molecular weight excluding hydrogens is 367 g/mol. The van der Waals surface area contributed by atoms with Crippen LogP contribution in [-0.2, 0) is 6.18 Å². The molecule has 1 aromatic carbocycles. The van der Waals surface area contributed by atoms with Crippen LogP contribution < -0.4 is 4.90 Å². The number of hydrogen-bond donors (Lipinski definition) is 0. The predicted octanol–water partition coefficient (Wildman–Crippen LogP) is 5.28. The normalized spacial score (nSPS) is 16.4. The molecule has 0 bridgehead atoms.